The van der Waals surface area contributed by atoms with E-state index in [9.17, 15) is 45.3 Å². The first kappa shape index (κ1) is 36.6. The average molecular weight is 555 g/mol. The Morgan fingerprint density at radius 2 is 1.18 bits per heavy atom. The number of hydrogen-bond donors (Lipinski definition) is 8. The van der Waals surface area contributed by atoms with Crippen molar-refractivity contribution in [3.63, 3.8) is 0 Å². The summed E-state index contributed by atoms with van der Waals surface area (Å²) in [6.45, 7) is 2.48. The molecule has 0 aliphatic carbocycles. The van der Waals surface area contributed by atoms with E-state index in [1.165, 1.54) is 0 Å². The summed E-state index contributed by atoms with van der Waals surface area (Å²) in [5.41, 5.74) is 0. The van der Waals surface area contributed by atoms with Crippen molar-refractivity contribution in [3.8, 4) is 0 Å². The Labute approximate surface area is 225 Å². The molecule has 0 aromatic rings. The number of unbranched alkanes of at least 4 members (excludes halogenated alkanes) is 4. The van der Waals surface area contributed by atoms with Crippen molar-refractivity contribution in [2.24, 2.45) is 0 Å². The summed E-state index contributed by atoms with van der Waals surface area (Å²) in [7, 11) is 0. The molecule has 0 bridgehead atoms. The van der Waals surface area contributed by atoms with E-state index in [1.807, 2.05) is 13.8 Å². The van der Waals surface area contributed by atoms with Crippen LogP contribution < -0.4 is 0 Å². The van der Waals surface area contributed by atoms with Gasteiger partial charge in [-0.3, -0.25) is 9.59 Å². The molecular formula is C26H50O12. The highest BCUT2D eigenvalue weighted by atomic mass is 16.6. The molecule has 8 N–H and O–H groups in total. The fraction of sp³-hybridized carbons (Fsp3) is 0.923. The smallest absolute Gasteiger partial charge is 0.308 e. The lowest BCUT2D eigenvalue weighted by atomic mass is 10.0. The second-order valence-electron chi connectivity index (χ2n) is 9.93. The van der Waals surface area contributed by atoms with E-state index in [0.29, 0.717) is 12.8 Å². The van der Waals surface area contributed by atoms with Crippen LogP contribution in [0.25, 0.3) is 0 Å². The third kappa shape index (κ3) is 17.3. The summed E-state index contributed by atoms with van der Waals surface area (Å²) in [6.07, 6.45) is -5.37. The van der Waals surface area contributed by atoms with E-state index in [1.54, 1.807) is 0 Å². The van der Waals surface area contributed by atoms with E-state index in [2.05, 4.69) is 0 Å². The van der Waals surface area contributed by atoms with Crippen LogP contribution in [-0.4, -0.2) is 115 Å². The van der Waals surface area contributed by atoms with Gasteiger partial charge in [-0.05, 0) is 25.7 Å². The molecule has 8 atom stereocenters. The van der Waals surface area contributed by atoms with Gasteiger partial charge in [-0.25, -0.2) is 0 Å². The predicted octanol–water partition coefficient (Wildman–Crippen LogP) is -0.319. The topological polar surface area (TPSA) is 214 Å². The molecule has 0 spiro atoms. The van der Waals surface area contributed by atoms with Crippen LogP contribution in [0.15, 0.2) is 0 Å². The Balaban J connectivity index is 4.69. The quantitative estimate of drug-likeness (QED) is 0.0603. The largest absolute Gasteiger partial charge is 0.463 e. The number of aliphatic hydroxyl groups excluding tert-OH is 8. The van der Waals surface area contributed by atoms with Crippen LogP contribution in [0.1, 0.15) is 90.9 Å². The Kier molecular flexibility index (Phi) is 20.7. The first-order chi connectivity index (χ1) is 17.9. The SMILES string of the molecule is CCCCCC(O)CC(O)CC(=O)OC(CCCCC)CC(O)CC(=O)OCC(O)C(O)C(O)C(O)CO. The van der Waals surface area contributed by atoms with Crippen molar-refractivity contribution in [3.05, 3.63) is 0 Å². The van der Waals surface area contributed by atoms with E-state index >= 15 is 0 Å². The van der Waals surface area contributed by atoms with Gasteiger partial charge in [-0.15, -0.1) is 0 Å². The summed E-state index contributed by atoms with van der Waals surface area (Å²) in [5.74, 6) is -1.58. The molecule has 12 nitrogen and oxygen atoms in total. The summed E-state index contributed by atoms with van der Waals surface area (Å²) in [5, 5.41) is 77.8. The highest BCUT2D eigenvalue weighted by molar-refractivity contribution is 5.70. The third-order valence-electron chi connectivity index (χ3n) is 6.19. The maximum absolute atomic E-state index is 12.4. The molecular weight excluding hydrogens is 504 g/mol. The highest BCUT2D eigenvalue weighted by Crippen LogP contribution is 2.17. The van der Waals surface area contributed by atoms with Gasteiger partial charge in [-0.1, -0.05) is 46.0 Å². The Hall–Kier alpha value is -1.38. The zero-order valence-corrected chi connectivity index (χ0v) is 22.7. The van der Waals surface area contributed by atoms with E-state index in [4.69, 9.17) is 14.6 Å². The van der Waals surface area contributed by atoms with Crippen LogP contribution in [0.4, 0.5) is 0 Å². The van der Waals surface area contributed by atoms with Gasteiger partial charge in [-0.2, -0.15) is 0 Å². The first-order valence-electron chi connectivity index (χ1n) is 13.7. The van der Waals surface area contributed by atoms with Crippen LogP contribution in [0.5, 0.6) is 0 Å². The van der Waals surface area contributed by atoms with Gasteiger partial charge in [0.05, 0.1) is 37.8 Å². The molecule has 0 aliphatic heterocycles. The molecule has 0 rings (SSSR count). The number of aliphatic hydroxyl groups is 8. The van der Waals surface area contributed by atoms with Crippen molar-refractivity contribution in [2.75, 3.05) is 13.2 Å². The number of ether oxygens (including phenoxy) is 2. The lowest BCUT2D eigenvalue weighted by Crippen LogP contribution is -2.47. The molecule has 0 amide bonds. The van der Waals surface area contributed by atoms with Gasteiger partial charge >= 0.3 is 11.9 Å². The second-order valence-corrected chi connectivity index (χ2v) is 9.93. The van der Waals surface area contributed by atoms with E-state index in [-0.39, 0.29) is 19.3 Å². The standard InChI is InChI=1S/C26H50O12/c1-3-5-7-9-17(28)11-18(29)14-24(34)38-20(10-8-6-4-2)12-19(30)13-23(33)37-16-22(32)26(36)25(35)21(31)15-27/h17-22,25-32,35-36H,3-16H2,1-2H3. The molecule has 0 saturated heterocycles. The van der Waals surface area contributed by atoms with Crippen molar-refractivity contribution < 1.29 is 59.9 Å². The molecule has 226 valence electrons. The minimum atomic E-state index is -1.88. The summed E-state index contributed by atoms with van der Waals surface area (Å²) in [4.78, 5) is 24.4. The van der Waals surface area contributed by atoms with Gasteiger partial charge in [0.2, 0.25) is 0 Å². The van der Waals surface area contributed by atoms with Gasteiger partial charge in [0.1, 0.15) is 37.1 Å². The predicted molar refractivity (Wildman–Crippen MR) is 137 cm³/mol. The molecule has 0 aliphatic rings. The number of esters is 2. The molecule has 0 aromatic carbocycles. The molecule has 0 fully saturated rings. The maximum Gasteiger partial charge on any atom is 0.308 e. The van der Waals surface area contributed by atoms with Gasteiger partial charge in [0, 0.05) is 6.42 Å². The van der Waals surface area contributed by atoms with Crippen molar-refractivity contribution in [1.82, 2.24) is 0 Å². The number of rotatable bonds is 23. The Morgan fingerprint density at radius 3 is 1.76 bits per heavy atom. The molecule has 0 aromatic heterocycles. The molecule has 38 heavy (non-hydrogen) atoms. The molecule has 12 heteroatoms. The highest BCUT2D eigenvalue weighted by Gasteiger charge is 2.31. The number of carbonyl (C=O) groups is 2. The zero-order chi connectivity index (χ0) is 29.1. The minimum absolute atomic E-state index is 0.0598. The van der Waals surface area contributed by atoms with Crippen molar-refractivity contribution in [2.45, 2.75) is 140 Å². The lowest BCUT2D eigenvalue weighted by molar-refractivity contribution is -0.159. The monoisotopic (exact) mass is 554 g/mol. The minimum Gasteiger partial charge on any atom is -0.463 e. The van der Waals surface area contributed by atoms with Crippen LogP contribution in [0.2, 0.25) is 0 Å². The lowest BCUT2D eigenvalue weighted by Gasteiger charge is -2.25. The fourth-order valence-electron chi connectivity index (χ4n) is 3.90. The molecule has 0 radical (unpaired) electrons. The Bertz CT molecular complexity index is 619. The summed E-state index contributed by atoms with van der Waals surface area (Å²) in [6, 6.07) is 0. The number of hydrogen-bond acceptors (Lipinski definition) is 12. The zero-order valence-electron chi connectivity index (χ0n) is 22.7. The second kappa shape index (κ2) is 21.4. The Morgan fingerprint density at radius 1 is 0.658 bits per heavy atom. The van der Waals surface area contributed by atoms with Crippen LogP contribution in [0, 0.1) is 0 Å². The van der Waals surface area contributed by atoms with Gasteiger partial charge in [0.15, 0.2) is 0 Å². The van der Waals surface area contributed by atoms with Crippen molar-refractivity contribution >= 4 is 11.9 Å². The third-order valence-corrected chi connectivity index (χ3v) is 6.19. The normalized spacial score (nSPS) is 18.1. The summed E-state index contributed by atoms with van der Waals surface area (Å²) >= 11 is 0. The fourth-order valence-corrected chi connectivity index (χ4v) is 3.90. The van der Waals surface area contributed by atoms with Crippen molar-refractivity contribution in [1.29, 1.82) is 0 Å². The maximum atomic E-state index is 12.4. The first-order valence-corrected chi connectivity index (χ1v) is 13.7. The molecule has 0 saturated carbocycles. The van der Waals surface area contributed by atoms with Gasteiger partial charge < -0.3 is 50.3 Å². The van der Waals surface area contributed by atoms with E-state index < -0.39 is 80.4 Å². The average Bonchev–Trinajstić information content (AvgIpc) is 2.85. The van der Waals surface area contributed by atoms with Crippen LogP contribution in [-0.2, 0) is 19.1 Å². The number of carbonyl (C=O) groups excluding carboxylic acids is 2. The van der Waals surface area contributed by atoms with Crippen LogP contribution >= 0.6 is 0 Å². The summed E-state index contributed by atoms with van der Waals surface area (Å²) < 4.78 is 10.3. The van der Waals surface area contributed by atoms with Gasteiger partial charge in [0.25, 0.3) is 0 Å². The molecule has 0 heterocycles. The van der Waals surface area contributed by atoms with E-state index in [0.717, 1.165) is 38.5 Å². The molecule has 8 unspecified atom stereocenters. The van der Waals surface area contributed by atoms with Crippen LogP contribution in [0.3, 0.4) is 0 Å².